The van der Waals surface area contributed by atoms with Crippen LogP contribution in [-0.2, 0) is 6.54 Å². The number of thiocarbonyl (C=S) groups is 1. The van der Waals surface area contributed by atoms with Gasteiger partial charge in [-0.1, -0.05) is 36.5 Å². The molecule has 0 saturated carbocycles. The first-order valence-corrected chi connectivity index (χ1v) is 6.95. The highest BCUT2D eigenvalue weighted by Crippen LogP contribution is 2.33. The smallest absolute Gasteiger partial charge is 0.389 e. The first-order valence-electron chi connectivity index (χ1n) is 6.54. The highest BCUT2D eigenvalue weighted by Gasteiger charge is 2.41. The van der Waals surface area contributed by atoms with Crippen LogP contribution in [-0.4, -0.2) is 29.2 Å². The predicted octanol–water partition coefficient (Wildman–Crippen LogP) is 3.10. The summed E-state index contributed by atoms with van der Waals surface area (Å²) in [6.45, 7) is 1.33. The van der Waals surface area contributed by atoms with E-state index in [1.807, 2.05) is 29.2 Å². The molecule has 1 aromatic rings. The Morgan fingerprint density at radius 1 is 1.30 bits per heavy atom. The molecule has 1 heterocycles. The van der Waals surface area contributed by atoms with Gasteiger partial charge in [0.2, 0.25) is 0 Å². The van der Waals surface area contributed by atoms with Crippen molar-refractivity contribution in [2.24, 2.45) is 11.7 Å². The molecule has 2 N–H and O–H groups in total. The van der Waals surface area contributed by atoms with E-state index in [1.54, 1.807) is 0 Å². The lowest BCUT2D eigenvalue weighted by molar-refractivity contribution is -0.187. The summed E-state index contributed by atoms with van der Waals surface area (Å²) in [5.41, 5.74) is 7.26. The lowest BCUT2D eigenvalue weighted by Gasteiger charge is -2.33. The highest BCUT2D eigenvalue weighted by atomic mass is 32.1. The van der Waals surface area contributed by atoms with Gasteiger partial charge in [-0.25, -0.2) is 0 Å². The molecule has 0 radical (unpaired) electrons. The Kier molecular flexibility index (Phi) is 4.65. The van der Waals surface area contributed by atoms with Gasteiger partial charge in [-0.05, 0) is 24.9 Å². The van der Waals surface area contributed by atoms with E-state index in [9.17, 15) is 13.2 Å². The van der Waals surface area contributed by atoms with Crippen LogP contribution in [0.4, 0.5) is 13.2 Å². The molecule has 2 rings (SSSR count). The second-order valence-electron chi connectivity index (χ2n) is 5.18. The van der Waals surface area contributed by atoms with Crippen molar-refractivity contribution in [1.29, 1.82) is 0 Å². The molecule has 0 spiro atoms. The minimum atomic E-state index is -4.09. The maximum atomic E-state index is 12.7. The van der Waals surface area contributed by atoms with Crippen molar-refractivity contribution in [2.75, 3.05) is 13.1 Å². The van der Waals surface area contributed by atoms with Crippen molar-refractivity contribution >= 4 is 17.2 Å². The van der Waals surface area contributed by atoms with Crippen LogP contribution in [0.15, 0.2) is 24.3 Å². The maximum Gasteiger partial charge on any atom is 0.393 e. The molecule has 1 saturated heterocycles. The van der Waals surface area contributed by atoms with Crippen molar-refractivity contribution in [2.45, 2.75) is 25.6 Å². The van der Waals surface area contributed by atoms with Gasteiger partial charge in [0.1, 0.15) is 4.99 Å². The van der Waals surface area contributed by atoms with E-state index in [2.05, 4.69) is 0 Å². The summed E-state index contributed by atoms with van der Waals surface area (Å²) in [6, 6.07) is 7.35. The summed E-state index contributed by atoms with van der Waals surface area (Å²) < 4.78 is 38.2. The molecule has 20 heavy (non-hydrogen) atoms. The van der Waals surface area contributed by atoms with Crippen LogP contribution >= 0.6 is 12.2 Å². The number of hydrogen-bond donors (Lipinski definition) is 1. The van der Waals surface area contributed by atoms with Gasteiger partial charge in [-0.15, -0.1) is 0 Å². The largest absolute Gasteiger partial charge is 0.393 e. The Balaban J connectivity index is 1.97. The van der Waals surface area contributed by atoms with Crippen LogP contribution in [0.5, 0.6) is 0 Å². The van der Waals surface area contributed by atoms with Gasteiger partial charge in [0.05, 0.1) is 5.92 Å². The lowest BCUT2D eigenvalue weighted by Crippen LogP contribution is -2.41. The van der Waals surface area contributed by atoms with E-state index in [0.29, 0.717) is 24.5 Å². The molecular weight excluding hydrogens is 285 g/mol. The Morgan fingerprint density at radius 2 is 1.95 bits per heavy atom. The Labute approximate surface area is 121 Å². The summed E-state index contributed by atoms with van der Waals surface area (Å²) in [7, 11) is 0. The van der Waals surface area contributed by atoms with Crippen molar-refractivity contribution in [1.82, 2.24) is 4.90 Å². The molecule has 0 amide bonds. The molecule has 2 nitrogen and oxygen atoms in total. The molecule has 1 unspecified atom stereocenters. The van der Waals surface area contributed by atoms with Crippen LogP contribution in [0.2, 0.25) is 0 Å². The first kappa shape index (κ1) is 15.3. The van der Waals surface area contributed by atoms with E-state index in [1.165, 1.54) is 0 Å². The average Bonchev–Trinajstić information content (AvgIpc) is 2.38. The maximum absolute atomic E-state index is 12.7. The highest BCUT2D eigenvalue weighted by molar-refractivity contribution is 7.80. The summed E-state index contributed by atoms with van der Waals surface area (Å²) in [5, 5.41) is 0. The fraction of sp³-hybridized carbons (Fsp3) is 0.500. The molecule has 1 aliphatic heterocycles. The molecule has 0 aromatic heterocycles. The molecule has 1 atom stereocenters. The van der Waals surface area contributed by atoms with Crippen LogP contribution in [0, 0.1) is 5.92 Å². The van der Waals surface area contributed by atoms with Crippen molar-refractivity contribution < 1.29 is 13.2 Å². The molecule has 0 aliphatic carbocycles. The Bertz CT molecular complexity index is 470. The Hall–Kier alpha value is -1.14. The van der Waals surface area contributed by atoms with Crippen molar-refractivity contribution in [3.63, 3.8) is 0 Å². The molecular formula is C14H17F3N2S. The number of benzene rings is 1. The first-order chi connectivity index (χ1) is 9.36. The van der Waals surface area contributed by atoms with Crippen molar-refractivity contribution in [3.8, 4) is 0 Å². The third-order valence-corrected chi connectivity index (χ3v) is 3.85. The van der Waals surface area contributed by atoms with Gasteiger partial charge in [-0.3, -0.25) is 4.90 Å². The van der Waals surface area contributed by atoms with Crippen LogP contribution in [0.1, 0.15) is 24.0 Å². The predicted molar refractivity (Wildman–Crippen MR) is 76.4 cm³/mol. The van der Waals surface area contributed by atoms with Crippen LogP contribution in [0.25, 0.3) is 0 Å². The monoisotopic (exact) mass is 302 g/mol. The van der Waals surface area contributed by atoms with Crippen LogP contribution in [0.3, 0.4) is 0 Å². The molecule has 1 aliphatic rings. The third-order valence-electron chi connectivity index (χ3n) is 3.61. The van der Waals surface area contributed by atoms with Gasteiger partial charge in [-0.2, -0.15) is 13.2 Å². The summed E-state index contributed by atoms with van der Waals surface area (Å²) in [5.74, 6) is -1.20. The second kappa shape index (κ2) is 6.10. The topological polar surface area (TPSA) is 29.3 Å². The molecule has 110 valence electrons. The minimum Gasteiger partial charge on any atom is -0.389 e. The number of rotatable bonds is 3. The number of nitrogens with zero attached hydrogens (tertiary/aromatic N) is 1. The SMILES string of the molecule is NC(=S)c1ccc(CN2CCCC(C(F)(F)F)C2)cc1. The van der Waals surface area contributed by atoms with Crippen LogP contribution < -0.4 is 5.73 Å². The van der Waals surface area contributed by atoms with E-state index in [4.69, 9.17) is 18.0 Å². The van der Waals surface area contributed by atoms with Gasteiger partial charge in [0.25, 0.3) is 0 Å². The fourth-order valence-corrected chi connectivity index (χ4v) is 2.64. The number of alkyl halides is 3. The third kappa shape index (κ3) is 3.93. The van der Waals surface area contributed by atoms with Gasteiger partial charge >= 0.3 is 6.18 Å². The lowest BCUT2D eigenvalue weighted by atomic mass is 9.97. The zero-order valence-electron chi connectivity index (χ0n) is 11.0. The van der Waals surface area contributed by atoms with Gasteiger partial charge < -0.3 is 5.73 Å². The van der Waals surface area contributed by atoms with E-state index >= 15 is 0 Å². The number of hydrogen-bond acceptors (Lipinski definition) is 2. The molecule has 6 heteroatoms. The number of likely N-dealkylation sites (tertiary alicyclic amines) is 1. The Morgan fingerprint density at radius 3 is 2.50 bits per heavy atom. The summed E-state index contributed by atoms with van der Waals surface area (Å²) in [4.78, 5) is 2.18. The summed E-state index contributed by atoms with van der Waals surface area (Å²) >= 11 is 4.87. The number of halogens is 3. The normalized spacial score (nSPS) is 20.9. The van der Waals surface area contributed by atoms with Gasteiger partial charge in [0, 0.05) is 18.7 Å². The van der Waals surface area contributed by atoms with E-state index < -0.39 is 12.1 Å². The average molecular weight is 302 g/mol. The van der Waals surface area contributed by atoms with Crippen molar-refractivity contribution in [3.05, 3.63) is 35.4 Å². The fourth-order valence-electron chi connectivity index (χ4n) is 2.50. The van der Waals surface area contributed by atoms with Gasteiger partial charge in [0.15, 0.2) is 0 Å². The minimum absolute atomic E-state index is 0.0839. The zero-order valence-corrected chi connectivity index (χ0v) is 11.8. The molecule has 1 fully saturated rings. The standard InChI is InChI=1S/C14H17F3N2S/c15-14(16,17)12-2-1-7-19(9-12)8-10-3-5-11(6-4-10)13(18)20/h3-6,12H,1-2,7-9H2,(H2,18,20). The van der Waals surface area contributed by atoms with E-state index in [0.717, 1.165) is 11.1 Å². The second-order valence-corrected chi connectivity index (χ2v) is 5.62. The molecule has 0 bridgehead atoms. The number of piperidine rings is 1. The quantitative estimate of drug-likeness (QED) is 0.870. The zero-order chi connectivity index (χ0) is 14.8. The molecule has 1 aromatic carbocycles. The van der Waals surface area contributed by atoms with E-state index in [-0.39, 0.29) is 13.0 Å². The summed E-state index contributed by atoms with van der Waals surface area (Å²) in [6.07, 6.45) is -3.26. The number of nitrogens with two attached hydrogens (primary N) is 1.